The second-order valence-electron chi connectivity index (χ2n) is 7.04. The highest BCUT2D eigenvalue weighted by Crippen LogP contribution is 2.31. The Bertz CT molecular complexity index is 1110. The van der Waals surface area contributed by atoms with Gasteiger partial charge >= 0.3 is 17.9 Å². The van der Waals surface area contributed by atoms with Crippen molar-refractivity contribution in [3.63, 3.8) is 0 Å². The van der Waals surface area contributed by atoms with E-state index >= 15 is 0 Å². The molecule has 2 aromatic carbocycles. The van der Waals surface area contributed by atoms with E-state index in [2.05, 4.69) is 10.3 Å². The molecule has 1 fully saturated rings. The van der Waals surface area contributed by atoms with Crippen LogP contribution in [0, 0.1) is 0 Å². The van der Waals surface area contributed by atoms with Crippen LogP contribution in [0.3, 0.4) is 0 Å². The first-order chi connectivity index (χ1) is 14.3. The number of hydrogen-bond acceptors (Lipinski definition) is 3. The Kier molecular flexibility index (Phi) is 5.15. The highest BCUT2D eigenvalue weighted by molar-refractivity contribution is 5.76. The average molecular weight is 419 g/mol. The summed E-state index contributed by atoms with van der Waals surface area (Å²) in [5, 5.41) is 2.73. The number of aromatic nitrogens is 2. The molecule has 0 radical (unpaired) electrons. The molecule has 0 spiro atoms. The first-order valence-corrected chi connectivity index (χ1v) is 9.45. The number of amides is 2. The van der Waals surface area contributed by atoms with Crippen LogP contribution in [0.15, 0.2) is 53.3 Å². The van der Waals surface area contributed by atoms with Crippen molar-refractivity contribution in [2.45, 2.75) is 12.8 Å². The van der Waals surface area contributed by atoms with Gasteiger partial charge in [-0.25, -0.2) is 9.59 Å². The maximum Gasteiger partial charge on any atom is 0.416 e. The molecular weight excluding hydrogens is 399 g/mol. The summed E-state index contributed by atoms with van der Waals surface area (Å²) in [7, 11) is 0. The minimum absolute atomic E-state index is 0.0233. The van der Waals surface area contributed by atoms with Gasteiger partial charge in [0.15, 0.2) is 0 Å². The van der Waals surface area contributed by atoms with Crippen LogP contribution in [0.5, 0.6) is 0 Å². The molecule has 1 saturated heterocycles. The summed E-state index contributed by atoms with van der Waals surface area (Å²) >= 11 is 0. The van der Waals surface area contributed by atoms with Gasteiger partial charge in [0.2, 0.25) is 0 Å². The van der Waals surface area contributed by atoms with Crippen molar-refractivity contribution in [3.8, 4) is 0 Å². The molecule has 30 heavy (non-hydrogen) atoms. The van der Waals surface area contributed by atoms with Gasteiger partial charge in [-0.05, 0) is 30.3 Å². The van der Waals surface area contributed by atoms with E-state index in [1.165, 1.54) is 10.6 Å². The molecule has 1 aromatic heterocycles. The average Bonchev–Trinajstić information content (AvgIpc) is 3.06. The molecule has 1 aliphatic rings. The number of carbonyl (C=O) groups excluding carboxylic acids is 1. The van der Waals surface area contributed by atoms with Crippen molar-refractivity contribution in [2.75, 3.05) is 31.1 Å². The summed E-state index contributed by atoms with van der Waals surface area (Å²) in [6.07, 6.45) is -4.39. The van der Waals surface area contributed by atoms with Crippen LogP contribution in [0.4, 0.5) is 23.7 Å². The molecule has 0 bridgehead atoms. The zero-order valence-corrected chi connectivity index (χ0v) is 15.9. The maximum atomic E-state index is 12.9. The first kappa shape index (κ1) is 19.9. The fraction of sp³-hybridized carbons (Fsp3) is 0.300. The first-order valence-electron chi connectivity index (χ1n) is 9.45. The summed E-state index contributed by atoms with van der Waals surface area (Å²) in [5.41, 5.74) is 0.856. The van der Waals surface area contributed by atoms with Gasteiger partial charge in [0.1, 0.15) is 6.67 Å². The number of halogens is 3. The van der Waals surface area contributed by atoms with E-state index in [1.807, 2.05) is 11.0 Å². The lowest BCUT2D eigenvalue weighted by Crippen LogP contribution is -2.52. The van der Waals surface area contributed by atoms with Crippen LogP contribution in [0.1, 0.15) is 5.56 Å². The van der Waals surface area contributed by atoms with Gasteiger partial charge in [0.25, 0.3) is 0 Å². The van der Waals surface area contributed by atoms with E-state index < -0.39 is 11.7 Å². The summed E-state index contributed by atoms with van der Waals surface area (Å²) in [6, 6.07) is 12.0. The van der Waals surface area contributed by atoms with Crippen molar-refractivity contribution in [1.29, 1.82) is 0 Å². The molecule has 2 amide bonds. The van der Waals surface area contributed by atoms with Crippen LogP contribution in [0.2, 0.25) is 0 Å². The minimum atomic E-state index is -4.39. The number of para-hydroxylation sites is 2. The third-order valence-corrected chi connectivity index (χ3v) is 5.18. The van der Waals surface area contributed by atoms with Crippen LogP contribution >= 0.6 is 0 Å². The van der Waals surface area contributed by atoms with E-state index in [4.69, 9.17) is 0 Å². The Morgan fingerprint density at radius 3 is 2.50 bits per heavy atom. The largest absolute Gasteiger partial charge is 0.416 e. The quantitative estimate of drug-likeness (QED) is 0.686. The highest BCUT2D eigenvalue weighted by atomic mass is 19.4. The number of fused-ring (bicyclic) bond motifs is 1. The molecule has 1 aliphatic heterocycles. The molecule has 7 nitrogen and oxygen atoms in total. The molecule has 2 heterocycles. The van der Waals surface area contributed by atoms with Gasteiger partial charge in [-0.2, -0.15) is 13.2 Å². The molecule has 2 N–H and O–H groups in total. The van der Waals surface area contributed by atoms with Crippen molar-refractivity contribution in [1.82, 2.24) is 19.8 Å². The SMILES string of the molecule is O=C(NCn1c(=O)[nH]c2ccccc21)N1CCN(c2cccc(C(F)(F)F)c2)CC1. The van der Waals surface area contributed by atoms with Gasteiger partial charge in [0.05, 0.1) is 16.6 Å². The Morgan fingerprint density at radius 2 is 1.77 bits per heavy atom. The standard InChI is InChI=1S/C20H20F3N5O2/c21-20(22,23)14-4-3-5-15(12-14)26-8-10-27(11-9-26)18(29)24-13-28-17-7-2-1-6-16(17)25-19(28)30/h1-7,12H,8-11,13H2,(H,24,29)(H,25,30). The predicted octanol–water partition coefficient (Wildman–Crippen LogP) is 2.84. The highest BCUT2D eigenvalue weighted by Gasteiger charge is 2.31. The van der Waals surface area contributed by atoms with Crippen molar-refractivity contribution in [3.05, 3.63) is 64.6 Å². The second-order valence-corrected chi connectivity index (χ2v) is 7.04. The fourth-order valence-corrected chi connectivity index (χ4v) is 3.57. The lowest BCUT2D eigenvalue weighted by molar-refractivity contribution is -0.137. The van der Waals surface area contributed by atoms with Gasteiger partial charge < -0.3 is 20.1 Å². The molecule has 0 atom stereocenters. The predicted molar refractivity (Wildman–Crippen MR) is 106 cm³/mol. The molecule has 158 valence electrons. The number of anilines is 1. The number of aromatic amines is 1. The summed E-state index contributed by atoms with van der Waals surface area (Å²) in [5.74, 6) is 0. The van der Waals surface area contributed by atoms with Gasteiger partial charge in [0, 0.05) is 31.9 Å². The number of hydrogen-bond donors (Lipinski definition) is 2. The normalized spacial score (nSPS) is 14.9. The van der Waals surface area contributed by atoms with Crippen molar-refractivity contribution in [2.24, 2.45) is 0 Å². The number of alkyl halides is 3. The molecule has 0 unspecified atom stereocenters. The summed E-state index contributed by atoms with van der Waals surface area (Å²) in [4.78, 5) is 30.7. The van der Waals surface area contributed by atoms with E-state index in [-0.39, 0.29) is 18.4 Å². The number of nitrogens with zero attached hydrogens (tertiary/aromatic N) is 3. The molecule has 0 aliphatic carbocycles. The van der Waals surface area contributed by atoms with Crippen molar-refractivity contribution < 1.29 is 18.0 Å². The third kappa shape index (κ3) is 3.98. The van der Waals surface area contributed by atoms with Gasteiger partial charge in [-0.1, -0.05) is 18.2 Å². The summed E-state index contributed by atoms with van der Waals surface area (Å²) < 4.78 is 40.2. The molecule has 3 aromatic rings. The second kappa shape index (κ2) is 7.77. The molecule has 0 saturated carbocycles. The van der Waals surface area contributed by atoms with E-state index in [0.29, 0.717) is 42.9 Å². The van der Waals surface area contributed by atoms with Gasteiger partial charge in [-0.15, -0.1) is 0 Å². The number of piperazine rings is 1. The zero-order chi connectivity index (χ0) is 21.3. The Labute approximate surface area is 169 Å². The number of benzene rings is 2. The topological polar surface area (TPSA) is 73.4 Å². The smallest absolute Gasteiger partial charge is 0.368 e. The van der Waals surface area contributed by atoms with E-state index in [1.54, 1.807) is 29.2 Å². The minimum Gasteiger partial charge on any atom is -0.368 e. The third-order valence-electron chi connectivity index (χ3n) is 5.18. The van der Waals surface area contributed by atoms with Crippen LogP contribution in [-0.4, -0.2) is 46.7 Å². The molecule has 4 rings (SSSR count). The Morgan fingerprint density at radius 1 is 1.03 bits per heavy atom. The zero-order valence-electron chi connectivity index (χ0n) is 15.9. The van der Waals surface area contributed by atoms with Crippen LogP contribution in [-0.2, 0) is 12.8 Å². The Hall–Kier alpha value is -3.43. The number of urea groups is 1. The fourth-order valence-electron chi connectivity index (χ4n) is 3.57. The molecule has 10 heteroatoms. The maximum absolute atomic E-state index is 12.9. The lowest BCUT2D eigenvalue weighted by Gasteiger charge is -2.36. The van der Waals surface area contributed by atoms with Crippen LogP contribution in [0.25, 0.3) is 11.0 Å². The number of nitrogens with one attached hydrogen (secondary N) is 2. The summed E-state index contributed by atoms with van der Waals surface area (Å²) in [6.45, 7) is 1.59. The number of carbonyl (C=O) groups is 1. The Balaban J connectivity index is 1.36. The monoisotopic (exact) mass is 419 g/mol. The van der Waals surface area contributed by atoms with E-state index in [9.17, 15) is 22.8 Å². The number of rotatable bonds is 3. The van der Waals surface area contributed by atoms with Gasteiger partial charge in [-0.3, -0.25) is 4.57 Å². The lowest BCUT2D eigenvalue weighted by atomic mass is 10.1. The molecular formula is C20H20F3N5O2. The number of H-pyrrole nitrogens is 1. The number of imidazole rings is 1. The van der Waals surface area contributed by atoms with Crippen molar-refractivity contribution >= 4 is 22.8 Å². The van der Waals surface area contributed by atoms with Crippen LogP contribution < -0.4 is 15.9 Å². The van der Waals surface area contributed by atoms with E-state index in [0.717, 1.165) is 12.1 Å².